The van der Waals surface area contributed by atoms with E-state index in [-0.39, 0.29) is 0 Å². The van der Waals surface area contributed by atoms with Crippen LogP contribution in [0.25, 0.3) is 0 Å². The molecule has 0 aromatic carbocycles. The third-order valence-electron chi connectivity index (χ3n) is 1.35. The standard InChI is InChI=1S/C10H18/c1-4-6-8-10(3)9-7-5-2/h6-10H,4-5H2,1-3H3. The summed E-state index contributed by atoms with van der Waals surface area (Å²) in [7, 11) is 0. The molecular formula is C10H18. The van der Waals surface area contributed by atoms with Crippen LogP contribution >= 0.6 is 0 Å². The van der Waals surface area contributed by atoms with Gasteiger partial charge in [0.25, 0.3) is 0 Å². The van der Waals surface area contributed by atoms with Crippen LogP contribution in [0, 0.1) is 5.92 Å². The smallest absolute Gasteiger partial charge is 0.00819 e. The molecular weight excluding hydrogens is 120 g/mol. The lowest BCUT2D eigenvalue weighted by molar-refractivity contribution is 0.921. The quantitative estimate of drug-likeness (QED) is 0.521. The predicted octanol–water partition coefficient (Wildman–Crippen LogP) is 3.55. The Morgan fingerprint density at radius 1 is 1.00 bits per heavy atom. The first-order chi connectivity index (χ1) is 4.81. The van der Waals surface area contributed by atoms with Gasteiger partial charge in [-0.3, -0.25) is 0 Å². The first-order valence-electron chi connectivity index (χ1n) is 4.14. The van der Waals surface area contributed by atoms with E-state index in [1.165, 1.54) is 0 Å². The van der Waals surface area contributed by atoms with Gasteiger partial charge in [0.1, 0.15) is 0 Å². The second kappa shape index (κ2) is 6.60. The molecule has 0 aliphatic heterocycles. The van der Waals surface area contributed by atoms with Crippen molar-refractivity contribution in [2.75, 3.05) is 0 Å². The number of hydrogen-bond donors (Lipinski definition) is 0. The Hall–Kier alpha value is -0.520. The highest BCUT2D eigenvalue weighted by atomic mass is 13.9. The van der Waals surface area contributed by atoms with Crippen molar-refractivity contribution in [3.63, 3.8) is 0 Å². The molecule has 0 fully saturated rings. The molecule has 0 N–H and O–H groups in total. The summed E-state index contributed by atoms with van der Waals surface area (Å²) >= 11 is 0. The fourth-order valence-corrected chi connectivity index (χ4v) is 0.766. The molecule has 0 atom stereocenters. The largest absolute Gasteiger partial charge is 0.0882 e. The summed E-state index contributed by atoms with van der Waals surface area (Å²) in [6.07, 6.45) is 11.2. The van der Waals surface area contributed by atoms with E-state index in [1.54, 1.807) is 0 Å². The monoisotopic (exact) mass is 138 g/mol. The molecule has 0 aromatic heterocycles. The van der Waals surface area contributed by atoms with Crippen molar-refractivity contribution in [3.05, 3.63) is 24.3 Å². The summed E-state index contributed by atoms with van der Waals surface area (Å²) < 4.78 is 0. The summed E-state index contributed by atoms with van der Waals surface area (Å²) in [5, 5.41) is 0. The first kappa shape index (κ1) is 9.48. The van der Waals surface area contributed by atoms with Gasteiger partial charge in [-0.05, 0) is 18.8 Å². The van der Waals surface area contributed by atoms with Crippen LogP contribution in [0.1, 0.15) is 33.6 Å². The maximum Gasteiger partial charge on any atom is -0.00819 e. The van der Waals surface area contributed by atoms with Crippen LogP contribution in [0.2, 0.25) is 0 Å². The van der Waals surface area contributed by atoms with Gasteiger partial charge in [-0.1, -0.05) is 45.1 Å². The average Bonchev–Trinajstić information content (AvgIpc) is 1.97. The Balaban J connectivity index is 3.52. The van der Waals surface area contributed by atoms with Crippen LogP contribution in [0.3, 0.4) is 0 Å². The summed E-state index contributed by atoms with van der Waals surface area (Å²) in [4.78, 5) is 0. The lowest BCUT2D eigenvalue weighted by Crippen LogP contribution is -1.80. The Bertz CT molecular complexity index is 95.2. The Morgan fingerprint density at radius 2 is 1.40 bits per heavy atom. The van der Waals surface area contributed by atoms with E-state index >= 15 is 0 Å². The van der Waals surface area contributed by atoms with Gasteiger partial charge in [-0.2, -0.15) is 0 Å². The number of rotatable bonds is 4. The zero-order chi connectivity index (χ0) is 7.82. The van der Waals surface area contributed by atoms with E-state index in [9.17, 15) is 0 Å². The minimum atomic E-state index is 0.611. The number of allylic oxidation sites excluding steroid dienone is 4. The molecule has 0 heteroatoms. The van der Waals surface area contributed by atoms with Gasteiger partial charge in [-0.15, -0.1) is 0 Å². The van der Waals surface area contributed by atoms with Crippen molar-refractivity contribution < 1.29 is 0 Å². The summed E-state index contributed by atoms with van der Waals surface area (Å²) in [6, 6.07) is 0. The SMILES string of the molecule is CCC=CC(C)C=CCC. The van der Waals surface area contributed by atoms with Gasteiger partial charge in [0, 0.05) is 0 Å². The minimum Gasteiger partial charge on any atom is -0.0882 e. The van der Waals surface area contributed by atoms with E-state index in [1.807, 2.05) is 0 Å². The van der Waals surface area contributed by atoms with Crippen LogP contribution in [-0.4, -0.2) is 0 Å². The van der Waals surface area contributed by atoms with Crippen molar-refractivity contribution in [2.45, 2.75) is 33.6 Å². The molecule has 58 valence electrons. The van der Waals surface area contributed by atoms with E-state index in [0.717, 1.165) is 12.8 Å². The molecule has 0 amide bonds. The van der Waals surface area contributed by atoms with Gasteiger partial charge < -0.3 is 0 Å². The highest BCUT2D eigenvalue weighted by molar-refractivity contribution is 4.97. The van der Waals surface area contributed by atoms with Crippen LogP contribution < -0.4 is 0 Å². The Morgan fingerprint density at radius 3 is 1.70 bits per heavy atom. The van der Waals surface area contributed by atoms with Crippen molar-refractivity contribution in [1.29, 1.82) is 0 Å². The van der Waals surface area contributed by atoms with E-state index in [2.05, 4.69) is 45.1 Å². The van der Waals surface area contributed by atoms with Crippen LogP contribution in [0.15, 0.2) is 24.3 Å². The summed E-state index contributed by atoms with van der Waals surface area (Å²) in [5.74, 6) is 0.611. The molecule has 0 radical (unpaired) electrons. The molecule has 0 unspecified atom stereocenters. The molecule has 0 rings (SSSR count). The highest BCUT2D eigenvalue weighted by Crippen LogP contribution is 2.00. The number of hydrogen-bond acceptors (Lipinski definition) is 0. The van der Waals surface area contributed by atoms with Crippen LogP contribution in [0.4, 0.5) is 0 Å². The average molecular weight is 138 g/mol. The van der Waals surface area contributed by atoms with Crippen molar-refractivity contribution in [3.8, 4) is 0 Å². The Labute approximate surface area is 64.6 Å². The zero-order valence-electron chi connectivity index (χ0n) is 7.30. The Kier molecular flexibility index (Phi) is 6.25. The normalized spacial score (nSPS) is 15.1. The van der Waals surface area contributed by atoms with E-state index in [4.69, 9.17) is 0 Å². The fraction of sp³-hybridized carbons (Fsp3) is 0.600. The van der Waals surface area contributed by atoms with Crippen molar-refractivity contribution >= 4 is 0 Å². The van der Waals surface area contributed by atoms with E-state index < -0.39 is 0 Å². The van der Waals surface area contributed by atoms with Gasteiger partial charge >= 0.3 is 0 Å². The maximum atomic E-state index is 2.24. The predicted molar refractivity (Wildman–Crippen MR) is 48.0 cm³/mol. The van der Waals surface area contributed by atoms with Crippen LogP contribution in [0.5, 0.6) is 0 Å². The molecule has 0 heterocycles. The molecule has 0 saturated carbocycles. The second-order valence-corrected chi connectivity index (χ2v) is 2.53. The van der Waals surface area contributed by atoms with Gasteiger partial charge in [-0.25, -0.2) is 0 Å². The topological polar surface area (TPSA) is 0 Å². The molecule has 0 bridgehead atoms. The molecule has 0 saturated heterocycles. The molecule has 0 aliphatic carbocycles. The molecule has 0 nitrogen and oxygen atoms in total. The molecule has 0 aliphatic rings. The van der Waals surface area contributed by atoms with Gasteiger partial charge in [0.15, 0.2) is 0 Å². The third kappa shape index (κ3) is 5.61. The summed E-state index contributed by atoms with van der Waals surface area (Å²) in [6.45, 7) is 6.53. The molecule has 10 heavy (non-hydrogen) atoms. The van der Waals surface area contributed by atoms with Gasteiger partial charge in [0.05, 0.1) is 0 Å². The molecule has 0 aromatic rings. The van der Waals surface area contributed by atoms with Crippen molar-refractivity contribution in [1.82, 2.24) is 0 Å². The second-order valence-electron chi connectivity index (χ2n) is 2.53. The zero-order valence-corrected chi connectivity index (χ0v) is 7.30. The lowest BCUT2D eigenvalue weighted by Gasteiger charge is -1.94. The van der Waals surface area contributed by atoms with Gasteiger partial charge in [0.2, 0.25) is 0 Å². The highest BCUT2D eigenvalue weighted by Gasteiger charge is 1.85. The molecule has 0 spiro atoms. The van der Waals surface area contributed by atoms with E-state index in [0.29, 0.717) is 5.92 Å². The summed E-state index contributed by atoms with van der Waals surface area (Å²) in [5.41, 5.74) is 0. The maximum absolute atomic E-state index is 2.24. The van der Waals surface area contributed by atoms with Crippen molar-refractivity contribution in [2.24, 2.45) is 5.92 Å². The lowest BCUT2D eigenvalue weighted by atomic mass is 10.1. The third-order valence-corrected chi connectivity index (χ3v) is 1.35. The first-order valence-corrected chi connectivity index (χ1v) is 4.14. The fourth-order valence-electron chi connectivity index (χ4n) is 0.766. The van der Waals surface area contributed by atoms with Crippen LogP contribution in [-0.2, 0) is 0 Å². The minimum absolute atomic E-state index is 0.611.